The molecule has 0 saturated carbocycles. The van der Waals surface area contributed by atoms with E-state index in [4.69, 9.17) is 23.2 Å². The minimum Gasteiger partial charge on any atom is -0.207 e. The maximum Gasteiger partial charge on any atom is 0.127 e. The van der Waals surface area contributed by atoms with Crippen molar-refractivity contribution >= 4 is 23.2 Å². The lowest BCUT2D eigenvalue weighted by Crippen LogP contribution is -2.31. The fourth-order valence-electron chi connectivity index (χ4n) is 2.05. The SMILES string of the molecule is CCCCCC(CCl)(CCl)c1ccccc1F. The summed E-state index contributed by atoms with van der Waals surface area (Å²) >= 11 is 12.1. The van der Waals surface area contributed by atoms with Gasteiger partial charge in [0.25, 0.3) is 0 Å². The summed E-state index contributed by atoms with van der Waals surface area (Å²) in [6, 6.07) is 6.80. The molecule has 0 atom stereocenters. The molecule has 0 aliphatic rings. The summed E-state index contributed by atoms with van der Waals surface area (Å²) in [5.41, 5.74) is 0.227. The monoisotopic (exact) mass is 276 g/mol. The molecule has 1 rings (SSSR count). The third-order valence-corrected chi connectivity index (χ3v) is 4.24. The molecule has 0 spiro atoms. The molecule has 0 nitrogen and oxygen atoms in total. The molecule has 17 heavy (non-hydrogen) atoms. The van der Waals surface area contributed by atoms with Gasteiger partial charge in [0.1, 0.15) is 5.82 Å². The lowest BCUT2D eigenvalue weighted by atomic mass is 9.79. The zero-order valence-corrected chi connectivity index (χ0v) is 11.7. The summed E-state index contributed by atoms with van der Waals surface area (Å²) in [6.07, 6.45) is 4.14. The molecular formula is C14H19Cl2F. The van der Waals surface area contributed by atoms with E-state index in [1.54, 1.807) is 12.1 Å². The Morgan fingerprint density at radius 1 is 1.12 bits per heavy atom. The number of hydrogen-bond acceptors (Lipinski definition) is 0. The normalized spacial score (nSPS) is 11.8. The van der Waals surface area contributed by atoms with Crippen molar-refractivity contribution in [3.63, 3.8) is 0 Å². The second-order valence-corrected chi connectivity index (χ2v) is 5.02. The molecule has 0 aromatic heterocycles. The van der Waals surface area contributed by atoms with Gasteiger partial charge in [-0.15, -0.1) is 23.2 Å². The summed E-state index contributed by atoms with van der Waals surface area (Å²) in [4.78, 5) is 0. The van der Waals surface area contributed by atoms with Gasteiger partial charge in [-0.05, 0) is 18.1 Å². The first kappa shape index (κ1) is 14.8. The summed E-state index contributed by atoms with van der Waals surface area (Å²) in [5, 5.41) is 0. The fraction of sp³-hybridized carbons (Fsp3) is 0.571. The Kier molecular flexibility index (Phi) is 6.29. The van der Waals surface area contributed by atoms with Crippen LogP contribution in [0, 0.1) is 5.82 Å². The van der Waals surface area contributed by atoms with Gasteiger partial charge in [0.05, 0.1) is 0 Å². The van der Waals surface area contributed by atoms with E-state index >= 15 is 0 Å². The van der Waals surface area contributed by atoms with Crippen LogP contribution in [-0.2, 0) is 5.41 Å². The van der Waals surface area contributed by atoms with Gasteiger partial charge in [-0.2, -0.15) is 0 Å². The minimum atomic E-state index is -0.427. The predicted molar refractivity (Wildman–Crippen MR) is 73.7 cm³/mol. The summed E-state index contributed by atoms with van der Waals surface area (Å²) in [7, 11) is 0. The van der Waals surface area contributed by atoms with E-state index in [1.165, 1.54) is 6.07 Å². The molecule has 0 fully saturated rings. The highest BCUT2D eigenvalue weighted by atomic mass is 35.5. The molecule has 0 bridgehead atoms. The average Bonchev–Trinajstić information content (AvgIpc) is 2.36. The van der Waals surface area contributed by atoms with Crippen LogP contribution in [0.5, 0.6) is 0 Å². The molecule has 96 valence electrons. The first-order valence-electron chi connectivity index (χ1n) is 6.07. The molecule has 1 aromatic carbocycles. The molecule has 0 heterocycles. The zero-order chi connectivity index (χ0) is 12.7. The van der Waals surface area contributed by atoms with Crippen molar-refractivity contribution in [2.24, 2.45) is 0 Å². The third-order valence-electron chi connectivity index (χ3n) is 3.22. The first-order valence-corrected chi connectivity index (χ1v) is 7.14. The van der Waals surface area contributed by atoms with Gasteiger partial charge in [0, 0.05) is 17.2 Å². The third kappa shape index (κ3) is 3.59. The Bertz CT molecular complexity index is 335. The first-order chi connectivity index (χ1) is 8.20. The topological polar surface area (TPSA) is 0 Å². The number of unbranched alkanes of at least 4 members (excludes halogenated alkanes) is 2. The van der Waals surface area contributed by atoms with Gasteiger partial charge < -0.3 is 0 Å². The largest absolute Gasteiger partial charge is 0.207 e. The van der Waals surface area contributed by atoms with Crippen LogP contribution in [0.3, 0.4) is 0 Å². The van der Waals surface area contributed by atoms with Gasteiger partial charge in [-0.1, -0.05) is 44.4 Å². The number of rotatable bonds is 7. The van der Waals surface area contributed by atoms with Crippen molar-refractivity contribution in [2.75, 3.05) is 11.8 Å². The Morgan fingerprint density at radius 2 is 1.76 bits per heavy atom. The standard InChI is InChI=1S/C14H19Cl2F/c1-2-3-6-9-14(10-15,11-16)12-7-4-5-8-13(12)17/h4-5,7-8H,2-3,6,9-11H2,1H3. The minimum absolute atomic E-state index is 0.203. The van der Waals surface area contributed by atoms with Crippen molar-refractivity contribution in [2.45, 2.75) is 38.0 Å². The van der Waals surface area contributed by atoms with E-state index in [1.807, 2.05) is 6.07 Å². The van der Waals surface area contributed by atoms with Crippen molar-refractivity contribution in [1.82, 2.24) is 0 Å². The highest BCUT2D eigenvalue weighted by Crippen LogP contribution is 2.34. The van der Waals surface area contributed by atoms with E-state index < -0.39 is 5.41 Å². The molecule has 3 heteroatoms. The van der Waals surface area contributed by atoms with E-state index in [-0.39, 0.29) is 5.82 Å². The number of alkyl halides is 2. The van der Waals surface area contributed by atoms with E-state index in [9.17, 15) is 4.39 Å². The maximum absolute atomic E-state index is 13.9. The molecule has 0 unspecified atom stereocenters. The highest BCUT2D eigenvalue weighted by molar-refractivity contribution is 6.22. The van der Waals surface area contributed by atoms with E-state index in [0.29, 0.717) is 17.3 Å². The van der Waals surface area contributed by atoms with Crippen LogP contribution in [0.4, 0.5) is 4.39 Å². The van der Waals surface area contributed by atoms with E-state index in [0.717, 1.165) is 25.7 Å². The lowest BCUT2D eigenvalue weighted by molar-refractivity contribution is 0.437. The van der Waals surface area contributed by atoms with Gasteiger partial charge in [0.2, 0.25) is 0 Å². The van der Waals surface area contributed by atoms with Crippen LogP contribution in [0.2, 0.25) is 0 Å². The Morgan fingerprint density at radius 3 is 2.29 bits per heavy atom. The van der Waals surface area contributed by atoms with Gasteiger partial charge in [-0.25, -0.2) is 4.39 Å². The Labute approximate surface area is 113 Å². The number of benzene rings is 1. The van der Waals surface area contributed by atoms with Crippen LogP contribution in [0.25, 0.3) is 0 Å². The summed E-state index contributed by atoms with van der Waals surface area (Å²) in [6.45, 7) is 2.15. The fourth-order valence-corrected chi connectivity index (χ4v) is 2.89. The van der Waals surface area contributed by atoms with Gasteiger partial charge in [0.15, 0.2) is 0 Å². The smallest absolute Gasteiger partial charge is 0.127 e. The molecular weight excluding hydrogens is 258 g/mol. The number of hydrogen-bond donors (Lipinski definition) is 0. The molecule has 1 aromatic rings. The predicted octanol–water partition coefficient (Wildman–Crippen LogP) is 5.12. The quantitative estimate of drug-likeness (QED) is 0.479. The van der Waals surface area contributed by atoms with Crippen molar-refractivity contribution in [3.8, 4) is 0 Å². The second-order valence-electron chi connectivity index (χ2n) is 4.48. The van der Waals surface area contributed by atoms with Gasteiger partial charge >= 0.3 is 0 Å². The van der Waals surface area contributed by atoms with Crippen LogP contribution in [0.15, 0.2) is 24.3 Å². The zero-order valence-electron chi connectivity index (χ0n) is 10.2. The molecule has 0 N–H and O–H groups in total. The van der Waals surface area contributed by atoms with Crippen molar-refractivity contribution < 1.29 is 4.39 Å². The van der Waals surface area contributed by atoms with E-state index in [2.05, 4.69) is 6.92 Å². The second kappa shape index (κ2) is 7.23. The Hall–Kier alpha value is -0.270. The Balaban J connectivity index is 2.94. The number of halogens is 3. The molecule has 0 amide bonds. The summed E-state index contributed by atoms with van der Waals surface area (Å²) < 4.78 is 13.9. The van der Waals surface area contributed by atoms with Crippen LogP contribution in [-0.4, -0.2) is 11.8 Å². The van der Waals surface area contributed by atoms with Crippen LogP contribution >= 0.6 is 23.2 Å². The van der Waals surface area contributed by atoms with Crippen LogP contribution < -0.4 is 0 Å². The van der Waals surface area contributed by atoms with Crippen molar-refractivity contribution in [1.29, 1.82) is 0 Å². The lowest BCUT2D eigenvalue weighted by Gasteiger charge is -2.30. The maximum atomic E-state index is 13.9. The van der Waals surface area contributed by atoms with Gasteiger partial charge in [-0.3, -0.25) is 0 Å². The van der Waals surface area contributed by atoms with Crippen molar-refractivity contribution in [3.05, 3.63) is 35.6 Å². The summed E-state index contributed by atoms with van der Waals surface area (Å²) in [5.74, 6) is 0.521. The van der Waals surface area contributed by atoms with Crippen LogP contribution in [0.1, 0.15) is 38.2 Å². The molecule has 0 saturated heterocycles. The molecule has 0 radical (unpaired) electrons. The molecule has 0 aliphatic heterocycles. The molecule has 0 aliphatic carbocycles. The average molecular weight is 277 g/mol. The highest BCUT2D eigenvalue weighted by Gasteiger charge is 2.32.